The molecule has 0 fully saturated rings. The Morgan fingerprint density at radius 2 is 2.17 bits per heavy atom. The van der Waals surface area contributed by atoms with Gasteiger partial charge in [0.1, 0.15) is 0 Å². The van der Waals surface area contributed by atoms with E-state index in [2.05, 4.69) is 36.4 Å². The average molecular weight is 270 g/mol. The molecule has 104 valence electrons. The van der Waals surface area contributed by atoms with Gasteiger partial charge in [-0.1, -0.05) is 26.0 Å². The Kier molecular flexibility index (Phi) is 7.35. The van der Waals surface area contributed by atoms with Crippen molar-refractivity contribution in [3.8, 4) is 0 Å². The second-order valence-electron chi connectivity index (χ2n) is 5.17. The zero-order valence-corrected chi connectivity index (χ0v) is 12.8. The highest BCUT2D eigenvalue weighted by Crippen LogP contribution is 2.11. The number of aryl methyl sites for hydroxylation is 1. The summed E-state index contributed by atoms with van der Waals surface area (Å²) in [6.07, 6.45) is 4.15. The van der Waals surface area contributed by atoms with Gasteiger partial charge in [-0.25, -0.2) is 0 Å². The number of hydrogen-bond acceptors (Lipinski definition) is 4. The molecular formula is C13H26N4S. The lowest BCUT2D eigenvalue weighted by Crippen LogP contribution is -2.34. The first-order chi connectivity index (χ1) is 8.61. The molecule has 0 aliphatic heterocycles. The molecule has 4 nitrogen and oxygen atoms in total. The van der Waals surface area contributed by atoms with E-state index in [1.807, 2.05) is 25.0 Å². The summed E-state index contributed by atoms with van der Waals surface area (Å²) in [4.78, 5) is 0. The molecule has 1 aromatic heterocycles. The molecule has 0 saturated carbocycles. The summed E-state index contributed by atoms with van der Waals surface area (Å²) in [6, 6.07) is 0.505. The molecule has 1 heterocycles. The number of aromatic nitrogens is 3. The topological polar surface area (TPSA) is 42.7 Å². The molecule has 0 saturated heterocycles. The molecule has 18 heavy (non-hydrogen) atoms. The Hall–Kier alpha value is -0.550. The number of thioether (sulfide) groups is 1. The van der Waals surface area contributed by atoms with Crippen molar-refractivity contribution >= 4 is 11.8 Å². The first-order valence-electron chi connectivity index (χ1n) is 6.78. The minimum atomic E-state index is 0.505. The molecule has 0 aromatic carbocycles. The molecule has 1 aromatic rings. The summed E-state index contributed by atoms with van der Waals surface area (Å²) < 4.78 is 1.77. The fraction of sp³-hybridized carbons (Fsp3) is 0.846. The van der Waals surface area contributed by atoms with Crippen molar-refractivity contribution in [3.05, 3.63) is 11.9 Å². The van der Waals surface area contributed by atoms with Gasteiger partial charge >= 0.3 is 0 Å². The summed E-state index contributed by atoms with van der Waals surface area (Å²) >= 11 is 2.03. The molecular weight excluding hydrogens is 244 g/mol. The molecule has 0 radical (unpaired) electrons. The van der Waals surface area contributed by atoms with Crippen molar-refractivity contribution in [2.45, 2.75) is 39.7 Å². The highest BCUT2D eigenvalue weighted by atomic mass is 32.2. The van der Waals surface area contributed by atoms with Gasteiger partial charge in [0.2, 0.25) is 0 Å². The smallest absolute Gasteiger partial charge is 0.0842 e. The van der Waals surface area contributed by atoms with Gasteiger partial charge in [0.15, 0.2) is 0 Å². The fourth-order valence-corrected chi connectivity index (χ4v) is 2.85. The van der Waals surface area contributed by atoms with Crippen LogP contribution in [0.5, 0.6) is 0 Å². The quantitative estimate of drug-likeness (QED) is 0.746. The minimum Gasteiger partial charge on any atom is -0.313 e. The third kappa shape index (κ3) is 6.40. The predicted octanol–water partition coefficient (Wildman–Crippen LogP) is 2.11. The van der Waals surface area contributed by atoms with Crippen molar-refractivity contribution in [2.24, 2.45) is 13.0 Å². The van der Waals surface area contributed by atoms with E-state index >= 15 is 0 Å². The Bertz CT molecular complexity index is 325. The second-order valence-corrected chi connectivity index (χ2v) is 6.24. The predicted molar refractivity (Wildman–Crippen MR) is 79.0 cm³/mol. The number of nitrogens with one attached hydrogen (secondary N) is 1. The second kappa shape index (κ2) is 8.53. The number of hydrogen-bond donors (Lipinski definition) is 1. The lowest BCUT2D eigenvalue weighted by Gasteiger charge is -2.17. The number of nitrogens with zero attached hydrogens (tertiary/aromatic N) is 3. The maximum absolute atomic E-state index is 4.17. The number of rotatable bonds is 9. The summed E-state index contributed by atoms with van der Waals surface area (Å²) in [6.45, 7) is 7.81. The molecule has 0 bridgehead atoms. The third-order valence-corrected chi connectivity index (χ3v) is 4.10. The van der Waals surface area contributed by atoms with Crippen LogP contribution in [0.1, 0.15) is 32.9 Å². The highest BCUT2D eigenvalue weighted by Gasteiger charge is 2.11. The molecule has 5 heteroatoms. The van der Waals surface area contributed by atoms with E-state index in [0.717, 1.165) is 30.3 Å². The van der Waals surface area contributed by atoms with Gasteiger partial charge in [-0.15, -0.1) is 5.10 Å². The summed E-state index contributed by atoms with van der Waals surface area (Å²) in [5, 5.41) is 11.8. The maximum Gasteiger partial charge on any atom is 0.0842 e. The average Bonchev–Trinajstić information content (AvgIpc) is 2.71. The van der Waals surface area contributed by atoms with E-state index in [-0.39, 0.29) is 0 Å². The van der Waals surface area contributed by atoms with Crippen LogP contribution >= 0.6 is 11.8 Å². The highest BCUT2D eigenvalue weighted by molar-refractivity contribution is 7.99. The van der Waals surface area contributed by atoms with Gasteiger partial charge in [0.05, 0.1) is 5.69 Å². The minimum absolute atomic E-state index is 0.505. The van der Waals surface area contributed by atoms with Crippen LogP contribution < -0.4 is 5.32 Å². The third-order valence-electron chi connectivity index (χ3n) is 2.56. The van der Waals surface area contributed by atoms with Crippen LogP contribution in [-0.2, 0) is 13.5 Å². The normalized spacial score (nSPS) is 13.2. The SMILES string of the molecule is CCCNC(CSCC(C)C)Cc1cn(C)nn1. The van der Waals surface area contributed by atoms with E-state index in [1.54, 1.807) is 4.68 Å². The Morgan fingerprint density at radius 3 is 2.72 bits per heavy atom. The van der Waals surface area contributed by atoms with Crippen molar-refractivity contribution in [2.75, 3.05) is 18.1 Å². The van der Waals surface area contributed by atoms with Crippen LogP contribution in [0.25, 0.3) is 0 Å². The monoisotopic (exact) mass is 270 g/mol. The Labute approximate surface area is 115 Å². The maximum atomic E-state index is 4.17. The van der Waals surface area contributed by atoms with E-state index < -0.39 is 0 Å². The molecule has 0 amide bonds. The van der Waals surface area contributed by atoms with Crippen LogP contribution in [0.2, 0.25) is 0 Å². The first-order valence-corrected chi connectivity index (χ1v) is 7.93. The molecule has 0 aliphatic rings. The van der Waals surface area contributed by atoms with Crippen molar-refractivity contribution in [1.29, 1.82) is 0 Å². The molecule has 1 N–H and O–H groups in total. The zero-order valence-electron chi connectivity index (χ0n) is 12.0. The van der Waals surface area contributed by atoms with Crippen LogP contribution in [0.15, 0.2) is 6.20 Å². The lowest BCUT2D eigenvalue weighted by atomic mass is 10.2. The molecule has 1 unspecified atom stereocenters. The summed E-state index contributed by atoms with van der Waals surface area (Å²) in [7, 11) is 1.92. The van der Waals surface area contributed by atoms with Crippen LogP contribution in [0.4, 0.5) is 0 Å². The summed E-state index contributed by atoms with van der Waals surface area (Å²) in [5.41, 5.74) is 1.08. The molecule has 1 atom stereocenters. The van der Waals surface area contributed by atoms with Gasteiger partial charge in [-0.2, -0.15) is 11.8 Å². The van der Waals surface area contributed by atoms with E-state index in [4.69, 9.17) is 0 Å². The molecule has 0 spiro atoms. The van der Waals surface area contributed by atoms with Gasteiger partial charge < -0.3 is 5.32 Å². The van der Waals surface area contributed by atoms with Crippen molar-refractivity contribution in [1.82, 2.24) is 20.3 Å². The molecule has 1 rings (SSSR count). The van der Waals surface area contributed by atoms with Gasteiger partial charge in [-0.05, 0) is 24.6 Å². The Morgan fingerprint density at radius 1 is 1.39 bits per heavy atom. The van der Waals surface area contributed by atoms with Gasteiger partial charge in [-0.3, -0.25) is 4.68 Å². The van der Waals surface area contributed by atoms with E-state index in [1.165, 1.54) is 12.2 Å². The zero-order chi connectivity index (χ0) is 13.4. The van der Waals surface area contributed by atoms with Gasteiger partial charge in [0, 0.05) is 31.5 Å². The standard InChI is InChI=1S/C13H26N4S/c1-5-6-14-13(10-18-9-11(2)3)7-12-8-17(4)16-15-12/h8,11,13-14H,5-7,9-10H2,1-4H3. The Balaban J connectivity index is 2.39. The largest absolute Gasteiger partial charge is 0.313 e. The van der Waals surface area contributed by atoms with Crippen LogP contribution in [0.3, 0.4) is 0 Å². The van der Waals surface area contributed by atoms with Crippen LogP contribution in [-0.4, -0.2) is 39.1 Å². The summed E-state index contributed by atoms with van der Waals surface area (Å²) in [5.74, 6) is 3.14. The van der Waals surface area contributed by atoms with E-state index in [0.29, 0.717) is 6.04 Å². The molecule has 0 aliphatic carbocycles. The first kappa shape index (κ1) is 15.5. The van der Waals surface area contributed by atoms with Crippen molar-refractivity contribution < 1.29 is 0 Å². The van der Waals surface area contributed by atoms with Gasteiger partial charge in [0.25, 0.3) is 0 Å². The lowest BCUT2D eigenvalue weighted by molar-refractivity contribution is 0.544. The fourth-order valence-electron chi connectivity index (χ4n) is 1.73. The van der Waals surface area contributed by atoms with Crippen LogP contribution in [0, 0.1) is 5.92 Å². The van der Waals surface area contributed by atoms with Crippen molar-refractivity contribution in [3.63, 3.8) is 0 Å². The van der Waals surface area contributed by atoms with E-state index in [9.17, 15) is 0 Å².